The third-order valence-electron chi connectivity index (χ3n) is 7.93. The molecule has 2 aliphatic heterocycles. The number of hydrogen-bond donors (Lipinski definition) is 1. The highest BCUT2D eigenvalue weighted by atomic mass is 16.6. The van der Waals surface area contributed by atoms with Crippen LogP contribution in [0.15, 0.2) is 65.6 Å². The number of aromatic hydroxyl groups is 1. The molecule has 0 unspecified atom stereocenters. The monoisotopic (exact) mass is 574 g/mol. The van der Waals surface area contributed by atoms with E-state index in [1.165, 1.54) is 12.3 Å². The second-order valence-corrected chi connectivity index (χ2v) is 12.0. The van der Waals surface area contributed by atoms with Crippen molar-refractivity contribution in [3.8, 4) is 5.75 Å². The van der Waals surface area contributed by atoms with Gasteiger partial charge in [-0.1, -0.05) is 48.5 Å². The molecule has 2 aromatic carbocycles. The molecule has 3 heterocycles. The van der Waals surface area contributed by atoms with Crippen molar-refractivity contribution < 1.29 is 24.2 Å². The van der Waals surface area contributed by atoms with Crippen molar-refractivity contribution >= 4 is 12.0 Å². The first-order chi connectivity index (χ1) is 19.9. The molecule has 3 aromatic rings. The summed E-state index contributed by atoms with van der Waals surface area (Å²) in [5.41, 5.74) is 1.47. The largest absolute Gasteiger partial charge is 0.502 e. The van der Waals surface area contributed by atoms with Gasteiger partial charge in [0.05, 0.1) is 25.7 Å². The van der Waals surface area contributed by atoms with Crippen LogP contribution in [0.2, 0.25) is 0 Å². The maximum atomic E-state index is 14.2. The van der Waals surface area contributed by atoms with Crippen LogP contribution in [0.4, 0.5) is 4.79 Å². The summed E-state index contributed by atoms with van der Waals surface area (Å²) in [6.07, 6.45) is 1.05. The summed E-state index contributed by atoms with van der Waals surface area (Å²) in [5.74, 6) is -1.14. The van der Waals surface area contributed by atoms with Gasteiger partial charge in [-0.2, -0.15) is 0 Å². The van der Waals surface area contributed by atoms with Crippen molar-refractivity contribution in [1.29, 1.82) is 0 Å². The second-order valence-electron chi connectivity index (χ2n) is 12.0. The molecule has 42 heavy (non-hydrogen) atoms. The fourth-order valence-corrected chi connectivity index (χ4v) is 5.95. The SMILES string of the molecule is COCCN1C(=O)c2c(O)c(=O)ccn2N(C(c2ccccc2C)c2ccccc2C)C12CN(C(=O)OC(C)(C)C)C2. The van der Waals surface area contributed by atoms with E-state index < -0.39 is 40.5 Å². The fraction of sp³-hybridized carbons (Fsp3) is 0.406. The van der Waals surface area contributed by atoms with E-state index in [-0.39, 0.29) is 31.9 Å². The van der Waals surface area contributed by atoms with E-state index in [9.17, 15) is 19.5 Å². The minimum absolute atomic E-state index is 0.132. The van der Waals surface area contributed by atoms with E-state index in [0.717, 1.165) is 22.3 Å². The molecule has 5 rings (SSSR count). The van der Waals surface area contributed by atoms with Crippen LogP contribution in [0, 0.1) is 13.8 Å². The van der Waals surface area contributed by atoms with E-state index in [2.05, 4.69) is 0 Å². The van der Waals surface area contributed by atoms with E-state index in [1.807, 2.05) is 88.2 Å². The smallest absolute Gasteiger partial charge is 0.410 e. The minimum Gasteiger partial charge on any atom is -0.502 e. The Kier molecular flexibility index (Phi) is 7.53. The molecule has 1 N–H and O–H groups in total. The third-order valence-corrected chi connectivity index (χ3v) is 7.93. The van der Waals surface area contributed by atoms with Crippen LogP contribution in [0.25, 0.3) is 0 Å². The molecule has 222 valence electrons. The molecule has 10 nitrogen and oxygen atoms in total. The van der Waals surface area contributed by atoms with E-state index in [0.29, 0.717) is 0 Å². The van der Waals surface area contributed by atoms with Gasteiger partial charge in [0, 0.05) is 25.9 Å². The number of methoxy groups -OCH3 is 1. The summed E-state index contributed by atoms with van der Waals surface area (Å²) < 4.78 is 12.7. The van der Waals surface area contributed by atoms with Gasteiger partial charge >= 0.3 is 6.09 Å². The van der Waals surface area contributed by atoms with Gasteiger partial charge in [-0.05, 0) is 56.9 Å². The summed E-state index contributed by atoms with van der Waals surface area (Å²) in [4.78, 5) is 43.2. The average Bonchev–Trinajstić information content (AvgIpc) is 2.90. The molecular formula is C32H38N4O6. The zero-order chi connectivity index (χ0) is 30.4. The number of carbonyl (C=O) groups excluding carboxylic acids is 2. The lowest BCUT2D eigenvalue weighted by Gasteiger charge is -2.64. The number of benzene rings is 2. The molecule has 0 atom stereocenters. The normalized spacial score (nSPS) is 16.1. The number of likely N-dealkylation sites (tertiary alicyclic amines) is 1. The molecule has 0 aliphatic carbocycles. The number of ether oxygens (including phenoxy) is 2. The molecule has 1 aromatic heterocycles. The highest BCUT2D eigenvalue weighted by Gasteiger charge is 2.61. The first kappa shape index (κ1) is 29.2. The first-order valence-electron chi connectivity index (χ1n) is 14.0. The van der Waals surface area contributed by atoms with Crippen LogP contribution >= 0.6 is 0 Å². The van der Waals surface area contributed by atoms with Gasteiger partial charge in [-0.25, -0.2) is 4.79 Å². The maximum absolute atomic E-state index is 14.2. The molecule has 1 saturated heterocycles. The summed E-state index contributed by atoms with van der Waals surface area (Å²) in [6.45, 7) is 10.1. The number of carbonyl (C=O) groups is 2. The Hall–Kier alpha value is -4.31. The van der Waals surface area contributed by atoms with Gasteiger partial charge in [0.15, 0.2) is 17.1 Å². The van der Waals surface area contributed by atoms with Crippen molar-refractivity contribution in [2.75, 3.05) is 38.4 Å². The third kappa shape index (κ3) is 4.89. The zero-order valence-electron chi connectivity index (χ0n) is 25.0. The topological polar surface area (TPSA) is 105 Å². The maximum Gasteiger partial charge on any atom is 0.410 e. The molecular weight excluding hydrogens is 536 g/mol. The molecule has 0 bridgehead atoms. The molecule has 0 saturated carbocycles. The Morgan fingerprint density at radius 3 is 2.07 bits per heavy atom. The van der Waals surface area contributed by atoms with Crippen LogP contribution < -0.4 is 10.4 Å². The summed E-state index contributed by atoms with van der Waals surface area (Å²) in [5, 5.41) is 13.0. The Morgan fingerprint density at radius 1 is 0.976 bits per heavy atom. The number of nitrogens with zero attached hydrogens (tertiary/aromatic N) is 4. The molecule has 10 heteroatoms. The van der Waals surface area contributed by atoms with Gasteiger partial charge in [0.2, 0.25) is 5.43 Å². The molecule has 2 amide bonds. The quantitative estimate of drug-likeness (QED) is 0.476. The Bertz CT molecular complexity index is 1520. The minimum atomic E-state index is -1.06. The van der Waals surface area contributed by atoms with Gasteiger partial charge in [-0.3, -0.25) is 24.2 Å². The average molecular weight is 575 g/mol. The molecule has 0 radical (unpaired) electrons. The van der Waals surface area contributed by atoms with Crippen LogP contribution in [-0.4, -0.2) is 76.2 Å². The Labute approximate surface area is 245 Å². The van der Waals surface area contributed by atoms with Crippen LogP contribution in [0.1, 0.15) is 59.6 Å². The number of aromatic nitrogens is 1. The van der Waals surface area contributed by atoms with Crippen molar-refractivity contribution in [1.82, 2.24) is 14.5 Å². The number of amides is 2. The van der Waals surface area contributed by atoms with Gasteiger partial charge in [-0.15, -0.1) is 0 Å². The lowest BCUT2D eigenvalue weighted by molar-refractivity contribution is -0.0785. The van der Waals surface area contributed by atoms with Crippen molar-refractivity contribution in [2.24, 2.45) is 0 Å². The van der Waals surface area contributed by atoms with E-state index in [1.54, 1.807) is 21.6 Å². The van der Waals surface area contributed by atoms with Crippen molar-refractivity contribution in [2.45, 2.75) is 51.9 Å². The molecule has 2 aliphatic rings. The highest BCUT2D eigenvalue weighted by Crippen LogP contribution is 2.45. The predicted octanol–water partition coefficient (Wildman–Crippen LogP) is 3.95. The number of rotatable bonds is 6. The van der Waals surface area contributed by atoms with Gasteiger partial charge in [0.1, 0.15) is 5.60 Å². The summed E-state index contributed by atoms with van der Waals surface area (Å²) in [6, 6.07) is 16.8. The fourth-order valence-electron chi connectivity index (χ4n) is 5.95. The molecule has 1 spiro atoms. The lowest BCUT2D eigenvalue weighted by atomic mass is 9.86. The number of hydrogen-bond acceptors (Lipinski definition) is 7. The van der Waals surface area contributed by atoms with Crippen LogP contribution in [-0.2, 0) is 9.47 Å². The highest BCUT2D eigenvalue weighted by molar-refractivity contribution is 5.97. The number of pyridine rings is 1. The zero-order valence-corrected chi connectivity index (χ0v) is 25.0. The lowest BCUT2D eigenvalue weighted by Crippen LogP contribution is -2.84. The van der Waals surface area contributed by atoms with Crippen LogP contribution in [0.3, 0.4) is 0 Å². The van der Waals surface area contributed by atoms with Gasteiger partial charge < -0.3 is 19.5 Å². The van der Waals surface area contributed by atoms with Crippen molar-refractivity contribution in [3.05, 3.63) is 99.0 Å². The van der Waals surface area contributed by atoms with Crippen LogP contribution in [0.5, 0.6) is 5.75 Å². The van der Waals surface area contributed by atoms with Crippen molar-refractivity contribution in [3.63, 3.8) is 0 Å². The Morgan fingerprint density at radius 2 is 1.55 bits per heavy atom. The van der Waals surface area contributed by atoms with Gasteiger partial charge in [0.25, 0.3) is 5.91 Å². The second kappa shape index (κ2) is 10.8. The Balaban J connectivity index is 1.79. The number of aryl methyl sites for hydroxylation is 2. The summed E-state index contributed by atoms with van der Waals surface area (Å²) >= 11 is 0. The first-order valence-corrected chi connectivity index (χ1v) is 14.0. The predicted molar refractivity (Wildman–Crippen MR) is 158 cm³/mol. The van der Waals surface area contributed by atoms with E-state index >= 15 is 0 Å². The summed E-state index contributed by atoms with van der Waals surface area (Å²) in [7, 11) is 1.55. The van der Waals surface area contributed by atoms with E-state index in [4.69, 9.17) is 9.47 Å². The molecule has 1 fully saturated rings. The number of fused-ring (bicyclic) bond motifs is 1. The standard InChI is InChI=1S/C32H38N4O6/c1-21-11-7-9-13-23(21)26(24-14-10-8-12-22(24)2)36-32(19-33(20-32)30(40)42-31(3,4)5)34(17-18-41-6)29(39)27-28(38)25(37)15-16-35(27)36/h7-16,26,38H,17-20H2,1-6H3.